The molecular formula is C23H22ClN7O. The number of amides is 2. The van der Waals surface area contributed by atoms with Gasteiger partial charge < -0.3 is 10.6 Å². The van der Waals surface area contributed by atoms with Crippen LogP contribution in [0.5, 0.6) is 0 Å². The van der Waals surface area contributed by atoms with E-state index in [2.05, 4.69) is 37.9 Å². The van der Waals surface area contributed by atoms with Crippen LogP contribution in [0.2, 0.25) is 5.02 Å². The van der Waals surface area contributed by atoms with E-state index in [-0.39, 0.29) is 12.1 Å². The summed E-state index contributed by atoms with van der Waals surface area (Å²) in [5.74, 6) is 0.505. The van der Waals surface area contributed by atoms with Crippen LogP contribution in [-0.4, -0.2) is 30.6 Å². The Balaban J connectivity index is 1.26. The fraction of sp³-hybridized carbons (Fsp3) is 0.217. The van der Waals surface area contributed by atoms with E-state index in [9.17, 15) is 4.79 Å². The van der Waals surface area contributed by atoms with E-state index in [1.165, 1.54) is 15.9 Å². The zero-order valence-electron chi connectivity index (χ0n) is 17.3. The van der Waals surface area contributed by atoms with Crippen molar-refractivity contribution >= 4 is 23.3 Å². The summed E-state index contributed by atoms with van der Waals surface area (Å²) < 4.78 is 3.57. The van der Waals surface area contributed by atoms with Gasteiger partial charge in [0.2, 0.25) is 0 Å². The summed E-state index contributed by atoms with van der Waals surface area (Å²) in [4.78, 5) is 16.9. The SMILES string of the molecule is O=C(Nc1cnn(-c2ncccc2Cl)c1)NC1CCCc2c1cnn2Cc1ccccc1. The summed E-state index contributed by atoms with van der Waals surface area (Å²) in [6, 6.07) is 13.4. The monoisotopic (exact) mass is 447 g/mol. The number of benzene rings is 1. The molecule has 2 amide bonds. The number of pyridine rings is 1. The third kappa shape index (κ3) is 4.22. The molecule has 1 aromatic carbocycles. The highest BCUT2D eigenvalue weighted by Gasteiger charge is 2.25. The summed E-state index contributed by atoms with van der Waals surface area (Å²) in [5, 5.41) is 15.2. The Morgan fingerprint density at radius 1 is 1.12 bits per heavy atom. The van der Waals surface area contributed by atoms with Gasteiger partial charge in [-0.2, -0.15) is 10.2 Å². The third-order valence-corrected chi connectivity index (χ3v) is 5.83. The number of carbonyl (C=O) groups excluding carboxylic acids is 1. The van der Waals surface area contributed by atoms with E-state index in [1.807, 2.05) is 29.1 Å². The molecule has 1 atom stereocenters. The zero-order valence-corrected chi connectivity index (χ0v) is 18.0. The molecule has 0 aliphatic heterocycles. The van der Waals surface area contributed by atoms with Crippen LogP contribution in [0, 0.1) is 0 Å². The Hall–Kier alpha value is -3.65. The van der Waals surface area contributed by atoms with Crippen LogP contribution >= 0.6 is 11.6 Å². The number of hydrogen-bond donors (Lipinski definition) is 2. The first-order valence-electron chi connectivity index (χ1n) is 10.5. The summed E-state index contributed by atoms with van der Waals surface area (Å²) >= 11 is 6.17. The van der Waals surface area contributed by atoms with Gasteiger partial charge in [0, 0.05) is 17.5 Å². The Morgan fingerprint density at radius 3 is 2.84 bits per heavy atom. The van der Waals surface area contributed by atoms with Gasteiger partial charge in [-0.15, -0.1) is 0 Å². The smallest absolute Gasteiger partial charge is 0.319 e. The van der Waals surface area contributed by atoms with Gasteiger partial charge in [0.05, 0.1) is 41.9 Å². The lowest BCUT2D eigenvalue weighted by atomic mass is 9.93. The molecule has 5 rings (SSSR count). The molecule has 8 nitrogen and oxygen atoms in total. The Labute approximate surface area is 190 Å². The van der Waals surface area contributed by atoms with Crippen LogP contribution in [0.4, 0.5) is 10.5 Å². The van der Waals surface area contributed by atoms with Crippen molar-refractivity contribution in [3.8, 4) is 5.82 Å². The highest BCUT2D eigenvalue weighted by Crippen LogP contribution is 2.30. The van der Waals surface area contributed by atoms with Gasteiger partial charge >= 0.3 is 6.03 Å². The predicted octanol–water partition coefficient (Wildman–Crippen LogP) is 4.36. The van der Waals surface area contributed by atoms with Crippen LogP contribution in [-0.2, 0) is 13.0 Å². The number of urea groups is 1. The maximum Gasteiger partial charge on any atom is 0.319 e. The minimum atomic E-state index is -0.287. The van der Waals surface area contributed by atoms with Crippen LogP contribution in [0.1, 0.15) is 35.7 Å². The number of nitrogens with one attached hydrogen (secondary N) is 2. The van der Waals surface area contributed by atoms with Crippen molar-refractivity contribution in [2.75, 3.05) is 5.32 Å². The molecule has 3 heterocycles. The normalized spacial score (nSPS) is 15.2. The quantitative estimate of drug-likeness (QED) is 0.475. The van der Waals surface area contributed by atoms with E-state index in [1.54, 1.807) is 30.7 Å². The summed E-state index contributed by atoms with van der Waals surface area (Å²) in [5.41, 5.74) is 4.03. The van der Waals surface area contributed by atoms with Crippen molar-refractivity contribution in [1.29, 1.82) is 0 Å². The maximum atomic E-state index is 12.7. The van der Waals surface area contributed by atoms with E-state index in [4.69, 9.17) is 11.6 Å². The Bertz CT molecular complexity index is 1230. The second kappa shape index (κ2) is 8.84. The van der Waals surface area contributed by atoms with Gasteiger partial charge in [0.25, 0.3) is 0 Å². The van der Waals surface area contributed by atoms with Gasteiger partial charge in [-0.1, -0.05) is 41.9 Å². The molecule has 162 valence electrons. The van der Waals surface area contributed by atoms with Crippen molar-refractivity contribution in [1.82, 2.24) is 29.9 Å². The van der Waals surface area contributed by atoms with Crippen molar-refractivity contribution in [3.63, 3.8) is 0 Å². The first kappa shape index (κ1) is 20.3. The van der Waals surface area contributed by atoms with E-state index >= 15 is 0 Å². The molecule has 0 bridgehead atoms. The highest BCUT2D eigenvalue weighted by molar-refractivity contribution is 6.32. The molecule has 0 saturated heterocycles. The number of rotatable bonds is 5. The summed E-state index contributed by atoms with van der Waals surface area (Å²) in [6.07, 6.45) is 9.59. The van der Waals surface area contributed by atoms with E-state index < -0.39 is 0 Å². The number of nitrogens with zero attached hydrogens (tertiary/aromatic N) is 5. The molecule has 0 radical (unpaired) electrons. The van der Waals surface area contributed by atoms with Crippen LogP contribution < -0.4 is 10.6 Å². The van der Waals surface area contributed by atoms with Gasteiger partial charge in [-0.25, -0.2) is 14.5 Å². The van der Waals surface area contributed by atoms with Gasteiger partial charge in [-0.05, 0) is 37.0 Å². The number of anilines is 1. The Morgan fingerprint density at radius 2 is 2.00 bits per heavy atom. The first-order valence-corrected chi connectivity index (χ1v) is 10.9. The van der Waals surface area contributed by atoms with Crippen LogP contribution in [0.15, 0.2) is 67.3 Å². The van der Waals surface area contributed by atoms with E-state index in [0.29, 0.717) is 16.5 Å². The molecule has 0 saturated carbocycles. The fourth-order valence-electron chi connectivity index (χ4n) is 4.04. The predicted molar refractivity (Wildman–Crippen MR) is 122 cm³/mol. The number of halogens is 1. The largest absolute Gasteiger partial charge is 0.331 e. The molecule has 2 N–H and O–H groups in total. The number of carbonyl (C=O) groups is 1. The number of fused-ring (bicyclic) bond motifs is 1. The second-order valence-corrected chi connectivity index (χ2v) is 8.12. The van der Waals surface area contributed by atoms with Crippen molar-refractivity contribution < 1.29 is 4.79 Å². The molecule has 1 aliphatic rings. The molecule has 1 aliphatic carbocycles. The lowest BCUT2D eigenvalue weighted by Crippen LogP contribution is -2.34. The molecule has 32 heavy (non-hydrogen) atoms. The molecular weight excluding hydrogens is 426 g/mol. The molecule has 9 heteroatoms. The van der Waals surface area contributed by atoms with Crippen LogP contribution in [0.25, 0.3) is 5.82 Å². The first-order chi connectivity index (χ1) is 15.7. The minimum absolute atomic E-state index is 0.0800. The minimum Gasteiger partial charge on any atom is -0.331 e. The van der Waals surface area contributed by atoms with Gasteiger partial charge in [0.1, 0.15) is 0 Å². The maximum absolute atomic E-state index is 12.7. The molecule has 4 aromatic rings. The molecule has 0 spiro atoms. The third-order valence-electron chi connectivity index (χ3n) is 5.54. The van der Waals surface area contributed by atoms with Gasteiger partial charge in [-0.3, -0.25) is 4.68 Å². The second-order valence-electron chi connectivity index (χ2n) is 7.72. The average molecular weight is 448 g/mol. The van der Waals surface area contributed by atoms with Crippen LogP contribution in [0.3, 0.4) is 0 Å². The lowest BCUT2D eigenvalue weighted by Gasteiger charge is -2.24. The number of aromatic nitrogens is 5. The number of hydrogen-bond acceptors (Lipinski definition) is 4. The fourth-order valence-corrected chi connectivity index (χ4v) is 4.24. The standard InChI is InChI=1S/C23H22ClN7O/c24-19-8-5-11-25-22(19)31-15-17(12-26-31)28-23(32)29-20-9-4-10-21-18(20)13-27-30(21)14-16-6-2-1-3-7-16/h1-3,5-8,11-13,15,20H,4,9-10,14H2,(H2,28,29,32). The highest BCUT2D eigenvalue weighted by atomic mass is 35.5. The molecule has 3 aromatic heterocycles. The van der Waals surface area contributed by atoms with Gasteiger partial charge in [0.15, 0.2) is 5.82 Å². The lowest BCUT2D eigenvalue weighted by molar-refractivity contribution is 0.247. The molecule has 1 unspecified atom stereocenters. The van der Waals surface area contributed by atoms with Crippen molar-refractivity contribution in [2.24, 2.45) is 0 Å². The van der Waals surface area contributed by atoms with E-state index in [0.717, 1.165) is 31.4 Å². The molecule has 0 fully saturated rings. The topological polar surface area (TPSA) is 89.7 Å². The van der Waals surface area contributed by atoms with Crippen molar-refractivity contribution in [3.05, 3.63) is 89.1 Å². The summed E-state index contributed by atoms with van der Waals surface area (Å²) in [7, 11) is 0. The Kier molecular flexibility index (Phi) is 5.60. The van der Waals surface area contributed by atoms with Crippen molar-refractivity contribution in [2.45, 2.75) is 31.8 Å². The zero-order chi connectivity index (χ0) is 21.9. The summed E-state index contributed by atoms with van der Waals surface area (Å²) in [6.45, 7) is 0.727. The average Bonchev–Trinajstić information content (AvgIpc) is 3.43.